The number of aromatic nitrogens is 2. The summed E-state index contributed by atoms with van der Waals surface area (Å²) in [6.45, 7) is 4.63. The van der Waals surface area contributed by atoms with Crippen LogP contribution < -0.4 is 5.32 Å². The van der Waals surface area contributed by atoms with E-state index in [2.05, 4.69) is 56.4 Å². The second-order valence-corrected chi connectivity index (χ2v) is 7.26. The summed E-state index contributed by atoms with van der Waals surface area (Å²) in [5.74, 6) is 0.481. The van der Waals surface area contributed by atoms with Crippen molar-refractivity contribution in [2.75, 3.05) is 33.7 Å². The highest BCUT2D eigenvalue weighted by Crippen LogP contribution is 2.18. The summed E-state index contributed by atoms with van der Waals surface area (Å²) in [5.41, 5.74) is 2.65. The molecule has 0 saturated heterocycles. The van der Waals surface area contributed by atoms with Crippen LogP contribution in [0, 0.1) is 5.92 Å². The summed E-state index contributed by atoms with van der Waals surface area (Å²) in [6, 6.07) is 12.7. The average molecular weight is 355 g/mol. The third-order valence-corrected chi connectivity index (χ3v) is 4.93. The first-order chi connectivity index (χ1) is 12.6. The number of urea groups is 1. The molecule has 0 bridgehead atoms. The SMILES string of the molecule is CN(C)C(=O)NCC[C@@H]1CN(CCc2ccccc2)Cc2ccnn2C1. The van der Waals surface area contributed by atoms with Crippen LogP contribution in [0.4, 0.5) is 4.79 Å². The van der Waals surface area contributed by atoms with Crippen LogP contribution in [0.25, 0.3) is 0 Å². The van der Waals surface area contributed by atoms with Gasteiger partial charge in [-0.15, -0.1) is 0 Å². The van der Waals surface area contributed by atoms with Crippen molar-refractivity contribution in [2.24, 2.45) is 5.92 Å². The summed E-state index contributed by atoms with van der Waals surface area (Å²) >= 11 is 0. The highest BCUT2D eigenvalue weighted by Gasteiger charge is 2.22. The van der Waals surface area contributed by atoms with Crippen LogP contribution in [0.3, 0.4) is 0 Å². The number of hydrogen-bond donors (Lipinski definition) is 1. The number of nitrogens with zero attached hydrogens (tertiary/aromatic N) is 4. The number of fused-ring (bicyclic) bond motifs is 1. The van der Waals surface area contributed by atoms with Gasteiger partial charge in [0.15, 0.2) is 0 Å². The van der Waals surface area contributed by atoms with Gasteiger partial charge >= 0.3 is 6.03 Å². The van der Waals surface area contributed by atoms with E-state index < -0.39 is 0 Å². The lowest BCUT2D eigenvalue weighted by Crippen LogP contribution is -2.37. The Morgan fingerprint density at radius 2 is 2.04 bits per heavy atom. The molecule has 1 atom stereocenters. The molecule has 0 unspecified atom stereocenters. The molecule has 0 aliphatic carbocycles. The second kappa shape index (κ2) is 8.85. The van der Waals surface area contributed by atoms with E-state index in [9.17, 15) is 4.79 Å². The lowest BCUT2D eigenvalue weighted by molar-refractivity contribution is 0.210. The number of benzene rings is 1. The van der Waals surface area contributed by atoms with Gasteiger partial charge in [0.1, 0.15) is 0 Å². The van der Waals surface area contributed by atoms with Gasteiger partial charge in [-0.1, -0.05) is 30.3 Å². The number of carbonyl (C=O) groups is 1. The summed E-state index contributed by atoms with van der Waals surface area (Å²) in [4.78, 5) is 15.8. The van der Waals surface area contributed by atoms with Crippen molar-refractivity contribution < 1.29 is 4.79 Å². The van der Waals surface area contributed by atoms with E-state index in [4.69, 9.17) is 0 Å². The van der Waals surface area contributed by atoms with E-state index in [1.54, 1.807) is 19.0 Å². The number of nitrogens with one attached hydrogen (secondary N) is 1. The van der Waals surface area contributed by atoms with Crippen LogP contribution in [-0.4, -0.2) is 59.3 Å². The molecule has 2 aromatic rings. The maximum Gasteiger partial charge on any atom is 0.316 e. The Kier molecular flexibility index (Phi) is 6.28. The van der Waals surface area contributed by atoms with Crippen LogP contribution in [-0.2, 0) is 19.5 Å². The summed E-state index contributed by atoms with van der Waals surface area (Å²) in [5, 5.41) is 7.46. The van der Waals surface area contributed by atoms with Crippen molar-refractivity contribution in [1.29, 1.82) is 0 Å². The zero-order chi connectivity index (χ0) is 18.4. The molecule has 0 radical (unpaired) electrons. The third kappa shape index (κ3) is 5.08. The van der Waals surface area contributed by atoms with Crippen molar-refractivity contribution in [3.63, 3.8) is 0 Å². The molecule has 1 aliphatic rings. The molecule has 1 aromatic heterocycles. The first kappa shape index (κ1) is 18.5. The second-order valence-electron chi connectivity index (χ2n) is 7.26. The molecule has 0 fully saturated rings. The first-order valence-electron chi connectivity index (χ1n) is 9.34. The van der Waals surface area contributed by atoms with E-state index in [1.165, 1.54) is 11.3 Å². The lowest BCUT2D eigenvalue weighted by Gasteiger charge is -2.24. The van der Waals surface area contributed by atoms with Crippen LogP contribution in [0.5, 0.6) is 0 Å². The van der Waals surface area contributed by atoms with Gasteiger partial charge < -0.3 is 10.2 Å². The number of rotatable bonds is 6. The molecule has 1 N–H and O–H groups in total. The summed E-state index contributed by atoms with van der Waals surface area (Å²) in [7, 11) is 3.53. The van der Waals surface area contributed by atoms with Gasteiger partial charge in [0.05, 0.1) is 5.69 Å². The minimum absolute atomic E-state index is 0.0284. The predicted octanol–water partition coefficient (Wildman–Crippen LogP) is 2.22. The monoisotopic (exact) mass is 355 g/mol. The highest BCUT2D eigenvalue weighted by molar-refractivity contribution is 5.73. The molecule has 0 spiro atoms. The molecular weight excluding hydrogens is 326 g/mol. The molecule has 6 heteroatoms. The lowest BCUT2D eigenvalue weighted by atomic mass is 10.0. The van der Waals surface area contributed by atoms with E-state index >= 15 is 0 Å². The van der Waals surface area contributed by atoms with Gasteiger partial charge in [0, 0.05) is 53.0 Å². The Balaban J connectivity index is 1.58. The fourth-order valence-corrected chi connectivity index (χ4v) is 3.45. The Bertz CT molecular complexity index is 697. The summed E-state index contributed by atoms with van der Waals surface area (Å²) < 4.78 is 2.13. The number of carbonyl (C=O) groups excluding carboxylic acids is 1. The molecule has 1 aliphatic heterocycles. The van der Waals surface area contributed by atoms with Crippen LogP contribution in [0.15, 0.2) is 42.6 Å². The first-order valence-corrected chi connectivity index (χ1v) is 9.34. The Morgan fingerprint density at radius 1 is 1.23 bits per heavy atom. The topological polar surface area (TPSA) is 53.4 Å². The number of hydrogen-bond acceptors (Lipinski definition) is 3. The molecule has 1 aromatic carbocycles. The Hall–Kier alpha value is -2.34. The predicted molar refractivity (Wildman–Crippen MR) is 103 cm³/mol. The van der Waals surface area contributed by atoms with Crippen molar-refractivity contribution in [3.8, 4) is 0 Å². The molecule has 2 heterocycles. The van der Waals surface area contributed by atoms with Gasteiger partial charge in [-0.25, -0.2) is 4.79 Å². The van der Waals surface area contributed by atoms with Gasteiger partial charge in [0.2, 0.25) is 0 Å². The van der Waals surface area contributed by atoms with E-state index in [1.807, 2.05) is 6.20 Å². The molecule has 0 saturated carbocycles. The van der Waals surface area contributed by atoms with Crippen LogP contribution in [0.2, 0.25) is 0 Å². The molecule has 6 nitrogen and oxygen atoms in total. The summed E-state index contributed by atoms with van der Waals surface area (Å²) in [6.07, 6.45) is 3.90. The molecule has 26 heavy (non-hydrogen) atoms. The maximum atomic E-state index is 11.7. The van der Waals surface area contributed by atoms with Crippen molar-refractivity contribution in [2.45, 2.75) is 25.9 Å². The van der Waals surface area contributed by atoms with E-state index in [0.29, 0.717) is 12.5 Å². The van der Waals surface area contributed by atoms with Crippen molar-refractivity contribution >= 4 is 6.03 Å². The van der Waals surface area contributed by atoms with Crippen LogP contribution in [0.1, 0.15) is 17.7 Å². The quantitative estimate of drug-likeness (QED) is 0.864. The molecular formula is C20H29N5O. The highest BCUT2D eigenvalue weighted by atomic mass is 16.2. The van der Waals surface area contributed by atoms with Crippen LogP contribution >= 0.6 is 0 Å². The van der Waals surface area contributed by atoms with E-state index in [0.717, 1.165) is 39.0 Å². The van der Waals surface area contributed by atoms with E-state index in [-0.39, 0.29) is 6.03 Å². The Labute approximate surface area is 155 Å². The van der Waals surface area contributed by atoms with Crippen molar-refractivity contribution in [1.82, 2.24) is 24.9 Å². The minimum atomic E-state index is -0.0284. The minimum Gasteiger partial charge on any atom is -0.338 e. The zero-order valence-corrected chi connectivity index (χ0v) is 15.8. The standard InChI is InChI=1S/C20H29N5O/c1-23(2)20(26)21-11-8-18-14-24(13-10-17-6-4-3-5-7-17)16-19-9-12-22-25(19)15-18/h3-7,9,12,18H,8,10-11,13-16H2,1-2H3,(H,21,26)/t18-/m1/s1. The van der Waals surface area contributed by atoms with Gasteiger partial charge in [-0.3, -0.25) is 9.58 Å². The smallest absolute Gasteiger partial charge is 0.316 e. The van der Waals surface area contributed by atoms with Gasteiger partial charge in [-0.05, 0) is 30.4 Å². The van der Waals surface area contributed by atoms with Gasteiger partial charge in [0.25, 0.3) is 0 Å². The van der Waals surface area contributed by atoms with Crippen molar-refractivity contribution in [3.05, 3.63) is 53.9 Å². The number of amides is 2. The Morgan fingerprint density at radius 3 is 2.81 bits per heavy atom. The third-order valence-electron chi connectivity index (χ3n) is 4.93. The fourth-order valence-electron chi connectivity index (χ4n) is 3.45. The molecule has 140 valence electrons. The van der Waals surface area contributed by atoms with Gasteiger partial charge in [-0.2, -0.15) is 5.10 Å². The zero-order valence-electron chi connectivity index (χ0n) is 15.8. The average Bonchev–Trinajstić information content (AvgIpc) is 2.99. The molecule has 3 rings (SSSR count). The normalized spacial score (nSPS) is 17.4. The largest absolute Gasteiger partial charge is 0.338 e. The maximum absolute atomic E-state index is 11.7. The fraction of sp³-hybridized carbons (Fsp3) is 0.500. The molecule has 2 amide bonds.